The van der Waals surface area contributed by atoms with Crippen LogP contribution in [0.15, 0.2) is 34.8 Å². The van der Waals surface area contributed by atoms with Crippen LogP contribution in [0.1, 0.15) is 23.8 Å². The summed E-state index contributed by atoms with van der Waals surface area (Å²) in [5.74, 6) is 0. The molecule has 0 spiro atoms. The first-order chi connectivity index (χ1) is 10.0. The van der Waals surface area contributed by atoms with Crippen LogP contribution < -0.4 is 10.0 Å². The van der Waals surface area contributed by atoms with E-state index in [1.807, 2.05) is 6.92 Å². The molecule has 0 aliphatic rings. The van der Waals surface area contributed by atoms with Crippen molar-refractivity contribution in [3.63, 3.8) is 0 Å². The molecule has 0 aliphatic heterocycles. The molecule has 5 nitrogen and oxygen atoms in total. The Labute approximate surface area is 129 Å². The second kappa shape index (κ2) is 7.02. The number of hydrogen-bond donors (Lipinski definition) is 2. The SMILES string of the molecule is CCCNCc1sc(S(=O)(=O)Nc2ccncc2)cc1C. The summed E-state index contributed by atoms with van der Waals surface area (Å²) in [4.78, 5) is 4.92. The van der Waals surface area contributed by atoms with E-state index < -0.39 is 10.0 Å². The van der Waals surface area contributed by atoms with Crippen molar-refractivity contribution in [2.45, 2.75) is 31.0 Å². The lowest BCUT2D eigenvalue weighted by molar-refractivity contribution is 0.603. The molecule has 0 atom stereocenters. The minimum absolute atomic E-state index is 0.338. The number of rotatable bonds is 7. The molecule has 0 radical (unpaired) electrons. The molecule has 2 N–H and O–H groups in total. The second-order valence-electron chi connectivity index (χ2n) is 4.69. The Morgan fingerprint density at radius 2 is 2.00 bits per heavy atom. The van der Waals surface area contributed by atoms with Crippen LogP contribution in [0.2, 0.25) is 0 Å². The maximum absolute atomic E-state index is 12.4. The molecule has 0 aliphatic carbocycles. The van der Waals surface area contributed by atoms with Crippen LogP contribution in [0, 0.1) is 6.92 Å². The summed E-state index contributed by atoms with van der Waals surface area (Å²) in [5.41, 5.74) is 1.51. The topological polar surface area (TPSA) is 71.1 Å². The number of pyridine rings is 1. The molecule has 2 aromatic heterocycles. The smallest absolute Gasteiger partial charge is 0.271 e. The van der Waals surface area contributed by atoms with E-state index in [0.717, 1.165) is 23.4 Å². The van der Waals surface area contributed by atoms with Crippen LogP contribution in [0.4, 0.5) is 5.69 Å². The monoisotopic (exact) mass is 325 g/mol. The first kappa shape index (κ1) is 15.9. The van der Waals surface area contributed by atoms with Gasteiger partial charge in [-0.15, -0.1) is 11.3 Å². The highest BCUT2D eigenvalue weighted by Crippen LogP contribution is 2.27. The maximum atomic E-state index is 12.4. The average Bonchev–Trinajstić information content (AvgIpc) is 2.82. The molecule has 0 bridgehead atoms. The molecule has 0 saturated heterocycles. The van der Waals surface area contributed by atoms with Crippen LogP contribution in [-0.4, -0.2) is 19.9 Å². The molecule has 2 rings (SSSR count). The Morgan fingerprint density at radius 1 is 1.29 bits per heavy atom. The van der Waals surface area contributed by atoms with Gasteiger partial charge in [0, 0.05) is 23.8 Å². The molecule has 0 unspecified atom stereocenters. The Balaban J connectivity index is 2.15. The molecular weight excluding hydrogens is 306 g/mol. The largest absolute Gasteiger partial charge is 0.312 e. The number of sulfonamides is 1. The first-order valence-corrected chi connectivity index (χ1v) is 9.06. The lowest BCUT2D eigenvalue weighted by Gasteiger charge is -2.05. The van der Waals surface area contributed by atoms with E-state index >= 15 is 0 Å². The molecule has 0 saturated carbocycles. The summed E-state index contributed by atoms with van der Waals surface area (Å²) in [6, 6.07) is 4.97. The molecule has 0 aromatic carbocycles. The van der Waals surface area contributed by atoms with Gasteiger partial charge in [-0.3, -0.25) is 9.71 Å². The van der Waals surface area contributed by atoms with Gasteiger partial charge in [0.1, 0.15) is 4.21 Å². The zero-order valence-corrected chi connectivity index (χ0v) is 13.7. The normalized spacial score (nSPS) is 11.5. The minimum atomic E-state index is -3.53. The molecule has 7 heteroatoms. The summed E-state index contributed by atoms with van der Waals surface area (Å²) in [6.07, 6.45) is 4.16. The van der Waals surface area contributed by atoms with E-state index in [2.05, 4.69) is 21.9 Å². The quantitative estimate of drug-likeness (QED) is 0.768. The third kappa shape index (κ3) is 4.26. The highest BCUT2D eigenvalue weighted by atomic mass is 32.2. The second-order valence-corrected chi connectivity index (χ2v) is 7.74. The van der Waals surface area contributed by atoms with Gasteiger partial charge in [-0.2, -0.15) is 0 Å². The van der Waals surface area contributed by atoms with Gasteiger partial charge in [0.2, 0.25) is 0 Å². The number of nitrogens with zero attached hydrogens (tertiary/aromatic N) is 1. The standard InChI is InChI=1S/C14H19N3O2S2/c1-3-6-16-10-13-11(2)9-14(20-13)21(18,19)17-12-4-7-15-8-5-12/h4-5,7-9,16H,3,6,10H2,1-2H3,(H,15,17). The van der Waals surface area contributed by atoms with E-state index in [1.165, 1.54) is 11.3 Å². The van der Waals surface area contributed by atoms with Crippen molar-refractivity contribution in [1.29, 1.82) is 0 Å². The average molecular weight is 325 g/mol. The van der Waals surface area contributed by atoms with Crippen LogP contribution >= 0.6 is 11.3 Å². The van der Waals surface area contributed by atoms with E-state index in [-0.39, 0.29) is 0 Å². The van der Waals surface area contributed by atoms with Crippen LogP contribution in [-0.2, 0) is 16.6 Å². The van der Waals surface area contributed by atoms with E-state index in [1.54, 1.807) is 30.6 Å². The first-order valence-electron chi connectivity index (χ1n) is 6.76. The van der Waals surface area contributed by atoms with E-state index in [0.29, 0.717) is 16.4 Å². The third-order valence-electron chi connectivity index (χ3n) is 2.91. The maximum Gasteiger partial charge on any atom is 0.271 e. The summed E-state index contributed by atoms with van der Waals surface area (Å²) >= 11 is 1.31. The number of hydrogen-bond acceptors (Lipinski definition) is 5. The Kier molecular flexibility index (Phi) is 5.33. The van der Waals surface area contributed by atoms with E-state index in [4.69, 9.17) is 0 Å². The van der Waals surface area contributed by atoms with Crippen molar-refractivity contribution < 1.29 is 8.42 Å². The van der Waals surface area contributed by atoms with Gasteiger partial charge < -0.3 is 5.32 Å². The van der Waals surface area contributed by atoms with Gasteiger partial charge in [-0.25, -0.2) is 8.42 Å². The summed E-state index contributed by atoms with van der Waals surface area (Å²) < 4.78 is 27.6. The lowest BCUT2D eigenvalue weighted by Crippen LogP contribution is -2.13. The highest BCUT2D eigenvalue weighted by Gasteiger charge is 2.18. The van der Waals surface area contributed by atoms with Crippen molar-refractivity contribution in [3.05, 3.63) is 41.0 Å². The summed E-state index contributed by atoms with van der Waals surface area (Å²) in [5, 5.41) is 3.29. The fourth-order valence-corrected chi connectivity index (χ4v) is 4.42. The lowest BCUT2D eigenvalue weighted by atomic mass is 10.3. The molecular formula is C14H19N3O2S2. The highest BCUT2D eigenvalue weighted by molar-refractivity contribution is 7.94. The number of aryl methyl sites for hydroxylation is 1. The van der Waals surface area contributed by atoms with Crippen LogP contribution in [0.25, 0.3) is 0 Å². The number of thiophene rings is 1. The predicted octanol–water partition coefficient (Wildman–Crippen LogP) is 2.75. The van der Waals surface area contributed by atoms with Gasteiger partial charge >= 0.3 is 0 Å². The molecule has 0 amide bonds. The number of anilines is 1. The summed E-state index contributed by atoms with van der Waals surface area (Å²) in [6.45, 7) is 5.66. The number of nitrogens with one attached hydrogen (secondary N) is 2. The van der Waals surface area contributed by atoms with Crippen LogP contribution in [0.3, 0.4) is 0 Å². The Morgan fingerprint density at radius 3 is 2.67 bits per heavy atom. The molecule has 2 heterocycles. The third-order valence-corrected chi connectivity index (χ3v) is 6.00. The predicted molar refractivity (Wildman–Crippen MR) is 86.1 cm³/mol. The number of aromatic nitrogens is 1. The van der Waals surface area contributed by atoms with Gasteiger partial charge in [0.05, 0.1) is 5.69 Å². The van der Waals surface area contributed by atoms with Gasteiger partial charge in [-0.05, 0) is 43.7 Å². The van der Waals surface area contributed by atoms with Crippen molar-refractivity contribution in [1.82, 2.24) is 10.3 Å². The molecule has 0 fully saturated rings. The summed E-state index contributed by atoms with van der Waals surface area (Å²) in [7, 11) is -3.53. The van der Waals surface area contributed by atoms with Gasteiger partial charge in [-0.1, -0.05) is 6.92 Å². The fourth-order valence-electron chi connectivity index (χ4n) is 1.80. The zero-order chi connectivity index (χ0) is 15.3. The van der Waals surface area contributed by atoms with Crippen molar-refractivity contribution in [3.8, 4) is 0 Å². The fraction of sp³-hybridized carbons (Fsp3) is 0.357. The van der Waals surface area contributed by atoms with Crippen LogP contribution in [0.5, 0.6) is 0 Å². The molecule has 114 valence electrons. The Hall–Kier alpha value is -1.44. The Bertz CT molecular complexity index is 681. The minimum Gasteiger partial charge on any atom is -0.312 e. The van der Waals surface area contributed by atoms with Gasteiger partial charge in [0.15, 0.2) is 0 Å². The van der Waals surface area contributed by atoms with Crippen molar-refractivity contribution >= 4 is 27.0 Å². The molecule has 21 heavy (non-hydrogen) atoms. The molecule has 2 aromatic rings. The van der Waals surface area contributed by atoms with Crippen molar-refractivity contribution in [2.24, 2.45) is 0 Å². The van der Waals surface area contributed by atoms with Gasteiger partial charge in [0.25, 0.3) is 10.0 Å². The zero-order valence-electron chi connectivity index (χ0n) is 12.1. The van der Waals surface area contributed by atoms with Crippen molar-refractivity contribution in [2.75, 3.05) is 11.3 Å². The van der Waals surface area contributed by atoms with E-state index in [9.17, 15) is 8.42 Å².